The van der Waals surface area contributed by atoms with Gasteiger partial charge in [0.25, 0.3) is 0 Å². The number of rotatable bonds is 3. The van der Waals surface area contributed by atoms with E-state index in [1.807, 2.05) is 19.9 Å². The maximum Gasteiger partial charge on any atom is 0.303 e. The second kappa shape index (κ2) is 4.60. The van der Waals surface area contributed by atoms with Gasteiger partial charge in [0, 0.05) is 10.9 Å². The van der Waals surface area contributed by atoms with E-state index < -0.39 is 5.97 Å². The second-order valence-corrected chi connectivity index (χ2v) is 4.28. The molecule has 0 saturated heterocycles. The maximum atomic E-state index is 10.4. The Morgan fingerprint density at radius 3 is 2.57 bits per heavy atom. The number of benzene rings is 1. The van der Waals surface area contributed by atoms with E-state index in [1.54, 1.807) is 0 Å². The summed E-state index contributed by atoms with van der Waals surface area (Å²) in [7, 11) is 0. The highest BCUT2D eigenvalue weighted by Gasteiger charge is 2.04. The Kier molecular flexibility index (Phi) is 3.69. The molecule has 0 fully saturated rings. The quantitative estimate of drug-likeness (QED) is 0.903. The Labute approximate surface area is 92.1 Å². The molecule has 0 spiro atoms. The lowest BCUT2D eigenvalue weighted by atomic mass is 10.0. The molecule has 1 N–H and O–H groups in total. The Balaban J connectivity index is 2.87. The van der Waals surface area contributed by atoms with E-state index in [0.29, 0.717) is 6.42 Å². The summed E-state index contributed by atoms with van der Waals surface area (Å²) in [4.78, 5) is 10.4. The summed E-state index contributed by atoms with van der Waals surface area (Å²) < 4.78 is 1.04. The van der Waals surface area contributed by atoms with Gasteiger partial charge in [-0.3, -0.25) is 4.79 Å². The predicted octanol–water partition coefficient (Wildman–Crippen LogP) is 3.08. The molecule has 0 bridgehead atoms. The Hall–Kier alpha value is -0.830. The first-order valence-electron chi connectivity index (χ1n) is 4.48. The van der Waals surface area contributed by atoms with Crippen molar-refractivity contribution in [3.8, 4) is 0 Å². The van der Waals surface area contributed by atoms with Gasteiger partial charge in [-0.15, -0.1) is 0 Å². The van der Waals surface area contributed by atoms with Crippen molar-refractivity contribution in [1.29, 1.82) is 0 Å². The van der Waals surface area contributed by atoms with E-state index in [9.17, 15) is 4.79 Å². The van der Waals surface area contributed by atoms with Crippen LogP contribution in [0.1, 0.15) is 23.1 Å². The van der Waals surface area contributed by atoms with Gasteiger partial charge in [0.15, 0.2) is 0 Å². The summed E-state index contributed by atoms with van der Waals surface area (Å²) in [5.74, 6) is -0.749. The van der Waals surface area contributed by atoms with Crippen LogP contribution in [-0.2, 0) is 11.2 Å². The number of halogens is 1. The van der Waals surface area contributed by atoms with Crippen LogP contribution in [0.15, 0.2) is 16.6 Å². The van der Waals surface area contributed by atoms with Crippen molar-refractivity contribution < 1.29 is 9.90 Å². The monoisotopic (exact) mass is 256 g/mol. The van der Waals surface area contributed by atoms with Crippen molar-refractivity contribution in [2.24, 2.45) is 0 Å². The zero-order valence-electron chi connectivity index (χ0n) is 8.30. The Morgan fingerprint density at radius 2 is 2.00 bits per heavy atom. The van der Waals surface area contributed by atoms with Crippen LogP contribution in [0.2, 0.25) is 0 Å². The van der Waals surface area contributed by atoms with Crippen molar-refractivity contribution in [3.63, 3.8) is 0 Å². The van der Waals surface area contributed by atoms with Gasteiger partial charge in [0.1, 0.15) is 0 Å². The van der Waals surface area contributed by atoms with Crippen LogP contribution in [0.5, 0.6) is 0 Å². The lowest BCUT2D eigenvalue weighted by molar-refractivity contribution is -0.136. The predicted molar refractivity (Wildman–Crippen MR) is 59.6 cm³/mol. The van der Waals surface area contributed by atoms with Crippen molar-refractivity contribution in [2.45, 2.75) is 26.7 Å². The van der Waals surface area contributed by atoms with Gasteiger partial charge in [-0.25, -0.2) is 0 Å². The van der Waals surface area contributed by atoms with Crippen LogP contribution in [0, 0.1) is 13.8 Å². The summed E-state index contributed by atoms with van der Waals surface area (Å²) in [5.41, 5.74) is 3.44. The summed E-state index contributed by atoms with van der Waals surface area (Å²) in [6, 6.07) is 4.08. The first-order chi connectivity index (χ1) is 6.50. The van der Waals surface area contributed by atoms with Gasteiger partial charge < -0.3 is 5.11 Å². The topological polar surface area (TPSA) is 37.3 Å². The summed E-state index contributed by atoms with van der Waals surface area (Å²) in [5, 5.41) is 8.58. The van der Waals surface area contributed by atoms with Crippen LogP contribution < -0.4 is 0 Å². The van der Waals surface area contributed by atoms with E-state index in [4.69, 9.17) is 5.11 Å². The molecule has 0 saturated carbocycles. The summed E-state index contributed by atoms with van der Waals surface area (Å²) >= 11 is 3.44. The zero-order chi connectivity index (χ0) is 10.7. The highest BCUT2D eigenvalue weighted by Crippen LogP contribution is 2.21. The standard InChI is InChI=1S/C11H13BrO2/c1-7-5-8(2)10(12)6-9(7)3-4-11(13)14/h5-6H,3-4H2,1-2H3,(H,13,14). The molecule has 0 heterocycles. The molecular weight excluding hydrogens is 244 g/mol. The lowest BCUT2D eigenvalue weighted by Crippen LogP contribution is -1.99. The highest BCUT2D eigenvalue weighted by molar-refractivity contribution is 9.10. The fourth-order valence-electron chi connectivity index (χ4n) is 1.38. The minimum atomic E-state index is -0.749. The van der Waals surface area contributed by atoms with Gasteiger partial charge in [0.2, 0.25) is 0 Å². The Morgan fingerprint density at radius 1 is 1.36 bits per heavy atom. The SMILES string of the molecule is Cc1cc(C)c(CCC(=O)O)cc1Br. The fraction of sp³-hybridized carbons (Fsp3) is 0.364. The average molecular weight is 257 g/mol. The number of aryl methyl sites for hydroxylation is 3. The molecule has 0 atom stereocenters. The molecule has 0 aliphatic carbocycles. The third-order valence-corrected chi connectivity index (χ3v) is 3.08. The highest BCUT2D eigenvalue weighted by atomic mass is 79.9. The average Bonchev–Trinajstić information content (AvgIpc) is 2.09. The van der Waals surface area contributed by atoms with Crippen LogP contribution in [0.25, 0.3) is 0 Å². The molecule has 0 aliphatic rings. The normalized spacial score (nSPS) is 10.2. The number of hydrogen-bond donors (Lipinski definition) is 1. The van der Waals surface area contributed by atoms with Crippen molar-refractivity contribution in [1.82, 2.24) is 0 Å². The number of hydrogen-bond acceptors (Lipinski definition) is 1. The van der Waals surface area contributed by atoms with E-state index in [1.165, 1.54) is 5.56 Å². The molecular formula is C11H13BrO2. The van der Waals surface area contributed by atoms with E-state index >= 15 is 0 Å². The molecule has 0 aliphatic heterocycles. The molecule has 76 valence electrons. The van der Waals surface area contributed by atoms with Crippen molar-refractivity contribution >= 4 is 21.9 Å². The van der Waals surface area contributed by atoms with Crippen LogP contribution in [-0.4, -0.2) is 11.1 Å². The number of aliphatic carboxylic acids is 1. The molecule has 3 heteroatoms. The maximum absolute atomic E-state index is 10.4. The molecule has 0 radical (unpaired) electrons. The number of carboxylic acid groups (broad SMARTS) is 1. The Bertz CT molecular complexity index is 359. The molecule has 0 amide bonds. The van der Waals surface area contributed by atoms with Crippen LogP contribution in [0.4, 0.5) is 0 Å². The molecule has 1 aromatic rings. The van der Waals surface area contributed by atoms with Crippen molar-refractivity contribution in [3.05, 3.63) is 33.3 Å². The van der Waals surface area contributed by atoms with Gasteiger partial charge in [-0.1, -0.05) is 22.0 Å². The summed E-state index contributed by atoms with van der Waals surface area (Å²) in [6.45, 7) is 4.04. The van der Waals surface area contributed by atoms with Gasteiger partial charge in [0.05, 0.1) is 0 Å². The zero-order valence-corrected chi connectivity index (χ0v) is 9.89. The van der Waals surface area contributed by atoms with E-state index in [-0.39, 0.29) is 6.42 Å². The van der Waals surface area contributed by atoms with Crippen molar-refractivity contribution in [2.75, 3.05) is 0 Å². The molecule has 0 aromatic heterocycles. The van der Waals surface area contributed by atoms with E-state index in [0.717, 1.165) is 15.6 Å². The van der Waals surface area contributed by atoms with E-state index in [2.05, 4.69) is 22.0 Å². The fourth-order valence-corrected chi connectivity index (χ4v) is 1.77. The number of carbonyl (C=O) groups is 1. The minimum absolute atomic E-state index is 0.191. The molecule has 0 unspecified atom stereocenters. The second-order valence-electron chi connectivity index (χ2n) is 3.42. The minimum Gasteiger partial charge on any atom is -0.481 e. The third kappa shape index (κ3) is 2.84. The molecule has 2 nitrogen and oxygen atoms in total. The largest absolute Gasteiger partial charge is 0.481 e. The molecule has 14 heavy (non-hydrogen) atoms. The lowest BCUT2D eigenvalue weighted by Gasteiger charge is -2.07. The molecule has 1 rings (SSSR count). The smallest absolute Gasteiger partial charge is 0.303 e. The van der Waals surface area contributed by atoms with Gasteiger partial charge in [-0.05, 0) is 43.0 Å². The van der Waals surface area contributed by atoms with Crippen LogP contribution in [0.3, 0.4) is 0 Å². The summed E-state index contributed by atoms with van der Waals surface area (Å²) in [6.07, 6.45) is 0.788. The van der Waals surface area contributed by atoms with Crippen LogP contribution >= 0.6 is 15.9 Å². The first-order valence-corrected chi connectivity index (χ1v) is 5.27. The number of carboxylic acids is 1. The van der Waals surface area contributed by atoms with Gasteiger partial charge in [-0.2, -0.15) is 0 Å². The first kappa shape index (κ1) is 11.2. The van der Waals surface area contributed by atoms with Gasteiger partial charge >= 0.3 is 5.97 Å². The third-order valence-electron chi connectivity index (χ3n) is 2.23. The molecule has 1 aromatic carbocycles.